The summed E-state index contributed by atoms with van der Waals surface area (Å²) in [4.78, 5) is 20.9. The molecule has 27 heavy (non-hydrogen) atoms. The minimum Gasteiger partial charge on any atom is -0.494 e. The van der Waals surface area contributed by atoms with Crippen molar-refractivity contribution < 1.29 is 17.9 Å². The fourth-order valence-electron chi connectivity index (χ4n) is 2.84. The van der Waals surface area contributed by atoms with Gasteiger partial charge in [-0.1, -0.05) is 11.3 Å². The lowest BCUT2D eigenvalue weighted by Gasteiger charge is -2.35. The molecule has 1 amide bonds. The summed E-state index contributed by atoms with van der Waals surface area (Å²) in [5.41, 5.74) is 0.937. The number of carbonyl (C=O) groups is 1. The fraction of sp³-hybridized carbons (Fsp3) is 0.529. The van der Waals surface area contributed by atoms with Crippen molar-refractivity contribution in [2.75, 3.05) is 57.5 Å². The summed E-state index contributed by atoms with van der Waals surface area (Å²) >= 11 is 1.61. The first-order valence-corrected chi connectivity index (χ1v) is 11.4. The Hall–Kier alpha value is -1.91. The lowest BCUT2D eigenvalue weighted by molar-refractivity contribution is -0.131. The Morgan fingerprint density at radius 3 is 2.63 bits per heavy atom. The van der Waals surface area contributed by atoms with Gasteiger partial charge >= 0.3 is 0 Å². The number of carbonyl (C=O) groups excluding carboxylic acids is 1. The third-order valence-corrected chi connectivity index (χ3v) is 6.83. The number of likely N-dealkylation sites (N-methyl/N-ethyl adjacent to an activating group) is 1. The van der Waals surface area contributed by atoms with Crippen molar-refractivity contribution in [2.45, 2.75) is 6.92 Å². The molecule has 0 bridgehead atoms. The van der Waals surface area contributed by atoms with Gasteiger partial charge in [0.05, 0.1) is 29.6 Å². The number of aromatic nitrogens is 1. The molecule has 0 atom stereocenters. The quantitative estimate of drug-likeness (QED) is 0.710. The Morgan fingerprint density at radius 1 is 1.30 bits per heavy atom. The van der Waals surface area contributed by atoms with E-state index >= 15 is 0 Å². The third kappa shape index (κ3) is 4.69. The number of anilines is 1. The molecule has 0 N–H and O–H groups in total. The molecule has 10 heteroatoms. The summed E-state index contributed by atoms with van der Waals surface area (Å²) in [5, 5.41) is 0.930. The SMILES string of the molecule is CCOc1ccc2nc(N3CCN(C(=O)CN(C)S(C)(=O)=O)CC3)sc2c1. The second-order valence-corrected chi connectivity index (χ2v) is 9.54. The number of hydrogen-bond donors (Lipinski definition) is 0. The van der Waals surface area contributed by atoms with E-state index in [1.54, 1.807) is 16.2 Å². The predicted octanol–water partition coefficient (Wildman–Crippen LogP) is 1.23. The van der Waals surface area contributed by atoms with Crippen LogP contribution in [0.5, 0.6) is 5.75 Å². The Labute approximate surface area is 163 Å². The van der Waals surface area contributed by atoms with Crippen LogP contribution in [0.1, 0.15) is 6.92 Å². The standard InChI is InChI=1S/C17H24N4O4S2/c1-4-25-13-5-6-14-15(11-13)26-17(18-14)21-9-7-20(8-10-21)16(22)12-19(2)27(3,23)24/h5-6,11H,4,7-10,12H2,1-3H3. The zero-order valence-electron chi connectivity index (χ0n) is 15.7. The van der Waals surface area contributed by atoms with Crippen LogP contribution in [0.3, 0.4) is 0 Å². The lowest BCUT2D eigenvalue weighted by Crippen LogP contribution is -2.51. The van der Waals surface area contributed by atoms with Gasteiger partial charge < -0.3 is 14.5 Å². The van der Waals surface area contributed by atoms with Crippen LogP contribution in [-0.4, -0.2) is 81.1 Å². The van der Waals surface area contributed by atoms with Crippen LogP contribution in [0.4, 0.5) is 5.13 Å². The highest BCUT2D eigenvalue weighted by Crippen LogP contribution is 2.32. The van der Waals surface area contributed by atoms with Crippen LogP contribution in [0.2, 0.25) is 0 Å². The maximum absolute atomic E-state index is 12.3. The first kappa shape index (κ1) is 19.8. The molecule has 1 aromatic carbocycles. The van der Waals surface area contributed by atoms with Crippen molar-refractivity contribution >= 4 is 42.6 Å². The number of benzene rings is 1. The molecule has 0 saturated carbocycles. The van der Waals surface area contributed by atoms with Crippen molar-refractivity contribution in [3.05, 3.63) is 18.2 Å². The van der Waals surface area contributed by atoms with E-state index in [1.165, 1.54) is 7.05 Å². The largest absolute Gasteiger partial charge is 0.494 e. The zero-order valence-corrected chi connectivity index (χ0v) is 17.3. The number of thiazole rings is 1. The highest BCUT2D eigenvalue weighted by molar-refractivity contribution is 7.88. The summed E-state index contributed by atoms with van der Waals surface area (Å²) < 4.78 is 30.6. The van der Waals surface area contributed by atoms with E-state index in [2.05, 4.69) is 9.88 Å². The van der Waals surface area contributed by atoms with E-state index in [-0.39, 0.29) is 12.5 Å². The van der Waals surface area contributed by atoms with Crippen molar-refractivity contribution in [3.8, 4) is 5.75 Å². The minimum absolute atomic E-state index is 0.125. The van der Waals surface area contributed by atoms with Crippen LogP contribution in [0.25, 0.3) is 10.2 Å². The van der Waals surface area contributed by atoms with Crippen LogP contribution < -0.4 is 9.64 Å². The molecule has 8 nitrogen and oxygen atoms in total. The Bertz CT molecular complexity index is 920. The number of fused-ring (bicyclic) bond motifs is 1. The molecule has 0 spiro atoms. The molecule has 1 aliphatic rings. The Kier molecular flexibility index (Phi) is 5.87. The molecule has 0 radical (unpaired) electrons. The van der Waals surface area contributed by atoms with Crippen molar-refractivity contribution in [1.29, 1.82) is 0 Å². The summed E-state index contributed by atoms with van der Waals surface area (Å²) in [5.74, 6) is 0.666. The Morgan fingerprint density at radius 2 is 2.00 bits per heavy atom. The molecule has 2 aromatic rings. The first-order valence-electron chi connectivity index (χ1n) is 8.75. The summed E-state index contributed by atoms with van der Waals surface area (Å²) in [7, 11) is -1.94. The number of amides is 1. The van der Waals surface area contributed by atoms with Gasteiger partial charge in [-0.15, -0.1) is 0 Å². The minimum atomic E-state index is -3.36. The second kappa shape index (κ2) is 7.99. The molecule has 1 aromatic heterocycles. The van der Waals surface area contributed by atoms with Gasteiger partial charge in [-0.05, 0) is 25.1 Å². The van der Waals surface area contributed by atoms with E-state index < -0.39 is 10.0 Å². The molecular formula is C17H24N4O4S2. The van der Waals surface area contributed by atoms with E-state index in [4.69, 9.17) is 4.74 Å². The average molecular weight is 413 g/mol. The molecule has 3 rings (SSSR count). The lowest BCUT2D eigenvalue weighted by atomic mass is 10.3. The maximum atomic E-state index is 12.3. The molecule has 1 fully saturated rings. The molecule has 0 aliphatic carbocycles. The van der Waals surface area contributed by atoms with Crippen LogP contribution >= 0.6 is 11.3 Å². The van der Waals surface area contributed by atoms with Gasteiger partial charge in [0.1, 0.15) is 5.75 Å². The van der Waals surface area contributed by atoms with Gasteiger partial charge in [0.25, 0.3) is 0 Å². The van der Waals surface area contributed by atoms with Crippen molar-refractivity contribution in [2.24, 2.45) is 0 Å². The molecule has 148 valence electrons. The molecule has 2 heterocycles. The maximum Gasteiger partial charge on any atom is 0.238 e. The highest BCUT2D eigenvalue weighted by atomic mass is 32.2. The van der Waals surface area contributed by atoms with Gasteiger partial charge in [-0.2, -0.15) is 4.31 Å². The summed E-state index contributed by atoms with van der Waals surface area (Å²) in [6, 6.07) is 5.88. The van der Waals surface area contributed by atoms with Crippen molar-refractivity contribution in [3.63, 3.8) is 0 Å². The average Bonchev–Trinajstić information content (AvgIpc) is 3.04. The monoisotopic (exact) mass is 412 g/mol. The summed E-state index contributed by atoms with van der Waals surface area (Å²) in [6.45, 7) is 4.91. The van der Waals surface area contributed by atoms with Gasteiger partial charge in [0.2, 0.25) is 15.9 Å². The Balaban J connectivity index is 1.62. The normalized spacial score (nSPS) is 15.6. The fourth-order valence-corrected chi connectivity index (χ4v) is 4.23. The second-order valence-electron chi connectivity index (χ2n) is 6.45. The van der Waals surface area contributed by atoms with Crippen LogP contribution in [0.15, 0.2) is 18.2 Å². The van der Waals surface area contributed by atoms with E-state index in [0.717, 1.165) is 31.7 Å². The molecule has 1 aliphatic heterocycles. The topological polar surface area (TPSA) is 83.1 Å². The number of nitrogens with zero attached hydrogens (tertiary/aromatic N) is 4. The van der Waals surface area contributed by atoms with Crippen LogP contribution in [-0.2, 0) is 14.8 Å². The van der Waals surface area contributed by atoms with Gasteiger partial charge in [0, 0.05) is 33.2 Å². The number of sulfonamides is 1. The third-order valence-electron chi connectivity index (χ3n) is 4.49. The van der Waals surface area contributed by atoms with E-state index in [0.29, 0.717) is 32.8 Å². The number of rotatable bonds is 6. The van der Waals surface area contributed by atoms with E-state index in [9.17, 15) is 13.2 Å². The van der Waals surface area contributed by atoms with Crippen molar-refractivity contribution in [1.82, 2.24) is 14.2 Å². The zero-order chi connectivity index (χ0) is 19.6. The van der Waals surface area contributed by atoms with Gasteiger partial charge in [-0.3, -0.25) is 4.79 Å². The molecule has 1 saturated heterocycles. The number of hydrogen-bond acceptors (Lipinski definition) is 7. The van der Waals surface area contributed by atoms with Crippen LogP contribution in [0, 0.1) is 0 Å². The van der Waals surface area contributed by atoms with Gasteiger partial charge in [-0.25, -0.2) is 13.4 Å². The first-order chi connectivity index (χ1) is 12.8. The smallest absolute Gasteiger partial charge is 0.238 e. The summed E-state index contributed by atoms with van der Waals surface area (Å²) in [6.07, 6.45) is 1.10. The number of ether oxygens (including phenoxy) is 1. The van der Waals surface area contributed by atoms with Gasteiger partial charge in [0.15, 0.2) is 5.13 Å². The van der Waals surface area contributed by atoms with E-state index in [1.807, 2.05) is 25.1 Å². The molecule has 0 unspecified atom stereocenters. The predicted molar refractivity (Wildman–Crippen MR) is 107 cm³/mol. The number of piperazine rings is 1. The molecular weight excluding hydrogens is 388 g/mol. The highest BCUT2D eigenvalue weighted by Gasteiger charge is 2.25.